The van der Waals surface area contributed by atoms with Crippen LogP contribution in [0.15, 0.2) is 71.6 Å². The Morgan fingerprint density at radius 2 is 1.67 bits per heavy atom. The highest BCUT2D eigenvalue weighted by molar-refractivity contribution is 7.92. The summed E-state index contributed by atoms with van der Waals surface area (Å²) in [5.41, 5.74) is 1.46. The largest absolute Gasteiger partial charge is 0.465 e. The number of sulfonamides is 1. The number of esters is 1. The number of aryl methyl sites for hydroxylation is 1. The highest BCUT2D eigenvalue weighted by atomic mass is 35.5. The number of carbonyl (C=O) groups is 2. The number of nitrogens with one attached hydrogen (secondary N) is 1. The molecule has 1 N–H and O–H groups in total. The molecule has 0 radical (unpaired) electrons. The molecule has 3 aromatic carbocycles. The minimum Gasteiger partial charge on any atom is -0.465 e. The number of anilines is 2. The van der Waals surface area contributed by atoms with E-state index >= 15 is 0 Å². The molecule has 0 heterocycles. The van der Waals surface area contributed by atoms with Crippen LogP contribution >= 0.6 is 23.2 Å². The molecule has 0 saturated carbocycles. The Morgan fingerprint density at radius 1 is 0.970 bits per heavy atom. The summed E-state index contributed by atoms with van der Waals surface area (Å²) < 4.78 is 32.4. The van der Waals surface area contributed by atoms with E-state index in [0.29, 0.717) is 11.3 Å². The lowest BCUT2D eigenvalue weighted by atomic mass is 10.1. The molecule has 0 aliphatic carbocycles. The highest BCUT2D eigenvalue weighted by Crippen LogP contribution is 2.30. The third-order valence-corrected chi connectivity index (χ3v) is 7.27. The van der Waals surface area contributed by atoms with E-state index in [1.807, 2.05) is 0 Å². The van der Waals surface area contributed by atoms with Gasteiger partial charge in [0.15, 0.2) is 0 Å². The molecule has 0 aliphatic rings. The van der Waals surface area contributed by atoms with Gasteiger partial charge in [0.1, 0.15) is 6.54 Å². The van der Waals surface area contributed by atoms with Crippen LogP contribution < -0.4 is 9.62 Å². The second kappa shape index (κ2) is 10.2. The SMILES string of the molecule is COC(=O)c1ccc(C)c(NC(=O)CN(c2ccc(Cl)c(Cl)c2)S(=O)(=O)c2ccccc2)c1. The topological polar surface area (TPSA) is 92.8 Å². The molecule has 0 unspecified atom stereocenters. The van der Waals surface area contributed by atoms with E-state index in [2.05, 4.69) is 5.32 Å². The Kier molecular flexibility index (Phi) is 7.63. The normalized spacial score (nSPS) is 11.0. The number of rotatable bonds is 7. The Labute approximate surface area is 201 Å². The number of methoxy groups -OCH3 is 1. The van der Waals surface area contributed by atoms with Crippen molar-refractivity contribution in [1.82, 2.24) is 0 Å². The van der Waals surface area contributed by atoms with Crippen LogP contribution in [-0.2, 0) is 19.6 Å². The van der Waals surface area contributed by atoms with Crippen molar-refractivity contribution in [2.75, 3.05) is 23.3 Å². The fourth-order valence-electron chi connectivity index (χ4n) is 3.00. The zero-order valence-corrected chi connectivity index (χ0v) is 20.0. The highest BCUT2D eigenvalue weighted by Gasteiger charge is 2.28. The molecule has 0 saturated heterocycles. The zero-order valence-electron chi connectivity index (χ0n) is 17.7. The number of benzene rings is 3. The molecule has 0 bridgehead atoms. The molecule has 0 aliphatic heterocycles. The van der Waals surface area contributed by atoms with Crippen molar-refractivity contribution in [2.24, 2.45) is 0 Å². The second-order valence-corrected chi connectivity index (χ2v) is 9.67. The van der Waals surface area contributed by atoms with Gasteiger partial charge in [0.25, 0.3) is 10.0 Å². The Hall–Kier alpha value is -3.07. The fourth-order valence-corrected chi connectivity index (χ4v) is 4.72. The smallest absolute Gasteiger partial charge is 0.337 e. The van der Waals surface area contributed by atoms with Crippen LogP contribution in [-0.4, -0.2) is 33.9 Å². The molecule has 10 heteroatoms. The molecule has 1 amide bonds. The molecule has 7 nitrogen and oxygen atoms in total. The van der Waals surface area contributed by atoms with Gasteiger partial charge in [-0.05, 0) is 55.0 Å². The van der Waals surface area contributed by atoms with Crippen molar-refractivity contribution in [3.8, 4) is 0 Å². The quantitative estimate of drug-likeness (QED) is 0.459. The molecule has 0 aromatic heterocycles. The lowest BCUT2D eigenvalue weighted by Gasteiger charge is -2.24. The molecule has 172 valence electrons. The van der Waals surface area contributed by atoms with Gasteiger partial charge in [0.05, 0.1) is 33.3 Å². The van der Waals surface area contributed by atoms with E-state index < -0.39 is 28.4 Å². The lowest BCUT2D eigenvalue weighted by Crippen LogP contribution is -2.38. The lowest BCUT2D eigenvalue weighted by molar-refractivity contribution is -0.114. The summed E-state index contributed by atoms with van der Waals surface area (Å²) in [5, 5.41) is 3.06. The van der Waals surface area contributed by atoms with Gasteiger partial charge < -0.3 is 10.1 Å². The fraction of sp³-hybridized carbons (Fsp3) is 0.130. The van der Waals surface area contributed by atoms with E-state index in [1.54, 1.807) is 37.3 Å². The first kappa shape index (κ1) is 24.6. The summed E-state index contributed by atoms with van der Waals surface area (Å²) in [6.45, 7) is 1.20. The summed E-state index contributed by atoms with van der Waals surface area (Å²) in [7, 11) is -2.86. The van der Waals surface area contributed by atoms with Crippen LogP contribution in [0.1, 0.15) is 15.9 Å². The van der Waals surface area contributed by atoms with Crippen molar-refractivity contribution in [2.45, 2.75) is 11.8 Å². The van der Waals surface area contributed by atoms with Crippen molar-refractivity contribution in [3.05, 3.63) is 87.9 Å². The first-order valence-corrected chi connectivity index (χ1v) is 11.8. The van der Waals surface area contributed by atoms with E-state index in [4.69, 9.17) is 27.9 Å². The van der Waals surface area contributed by atoms with Crippen LogP contribution in [0.2, 0.25) is 10.0 Å². The maximum absolute atomic E-state index is 13.4. The predicted molar refractivity (Wildman–Crippen MR) is 129 cm³/mol. The zero-order chi connectivity index (χ0) is 24.2. The number of nitrogens with zero attached hydrogens (tertiary/aromatic N) is 1. The molecule has 0 atom stereocenters. The second-order valence-electron chi connectivity index (χ2n) is 6.99. The minimum absolute atomic E-state index is 0.00717. The summed E-state index contributed by atoms with van der Waals surface area (Å²) >= 11 is 12.1. The standard InChI is InChI=1S/C23H20Cl2N2O5S/c1-15-8-9-16(23(29)32-2)12-21(15)26-22(28)14-27(17-10-11-19(24)20(25)13-17)33(30,31)18-6-4-3-5-7-18/h3-13H,14H2,1-2H3,(H,26,28). The van der Waals surface area contributed by atoms with Crippen LogP contribution in [0.25, 0.3) is 0 Å². The van der Waals surface area contributed by atoms with Gasteiger partial charge in [-0.1, -0.05) is 47.5 Å². The van der Waals surface area contributed by atoms with Crippen molar-refractivity contribution >= 4 is 56.5 Å². The average Bonchev–Trinajstić information content (AvgIpc) is 2.80. The third kappa shape index (κ3) is 5.65. The molecule has 0 spiro atoms. The maximum Gasteiger partial charge on any atom is 0.337 e. The van der Waals surface area contributed by atoms with Gasteiger partial charge in [0, 0.05) is 5.69 Å². The summed E-state index contributed by atoms with van der Waals surface area (Å²) in [6.07, 6.45) is 0. The van der Waals surface area contributed by atoms with Crippen LogP contribution in [0, 0.1) is 6.92 Å². The number of hydrogen-bond acceptors (Lipinski definition) is 5. The number of halogens is 2. The van der Waals surface area contributed by atoms with Gasteiger partial charge in [-0.3, -0.25) is 9.10 Å². The third-order valence-electron chi connectivity index (χ3n) is 4.74. The first-order chi connectivity index (χ1) is 15.6. The van der Waals surface area contributed by atoms with Crippen molar-refractivity contribution in [1.29, 1.82) is 0 Å². The van der Waals surface area contributed by atoms with E-state index in [0.717, 1.165) is 4.31 Å². The molecular formula is C23H20Cl2N2O5S. The molecule has 33 heavy (non-hydrogen) atoms. The Balaban J connectivity index is 1.96. The summed E-state index contributed by atoms with van der Waals surface area (Å²) in [6, 6.07) is 16.7. The minimum atomic E-state index is -4.11. The van der Waals surface area contributed by atoms with Gasteiger partial charge in [-0.2, -0.15) is 0 Å². The number of hydrogen-bond donors (Lipinski definition) is 1. The van der Waals surface area contributed by atoms with Gasteiger partial charge >= 0.3 is 5.97 Å². The van der Waals surface area contributed by atoms with E-state index in [-0.39, 0.29) is 26.2 Å². The first-order valence-electron chi connectivity index (χ1n) is 9.65. The van der Waals surface area contributed by atoms with Crippen LogP contribution in [0.3, 0.4) is 0 Å². The van der Waals surface area contributed by atoms with Crippen LogP contribution in [0.5, 0.6) is 0 Å². The van der Waals surface area contributed by atoms with Crippen molar-refractivity contribution in [3.63, 3.8) is 0 Å². The maximum atomic E-state index is 13.4. The van der Waals surface area contributed by atoms with Crippen LogP contribution in [0.4, 0.5) is 11.4 Å². The molecule has 3 rings (SSSR count). The number of amides is 1. The van der Waals surface area contributed by atoms with Crippen molar-refractivity contribution < 1.29 is 22.7 Å². The molecular weight excluding hydrogens is 487 g/mol. The summed E-state index contributed by atoms with van der Waals surface area (Å²) in [4.78, 5) is 24.8. The van der Waals surface area contributed by atoms with Gasteiger partial charge in [-0.25, -0.2) is 13.2 Å². The van der Waals surface area contributed by atoms with E-state index in [9.17, 15) is 18.0 Å². The Morgan fingerprint density at radius 3 is 2.30 bits per heavy atom. The average molecular weight is 507 g/mol. The molecule has 0 fully saturated rings. The van der Waals surface area contributed by atoms with E-state index in [1.165, 1.54) is 43.5 Å². The molecule has 3 aromatic rings. The van der Waals surface area contributed by atoms with Gasteiger partial charge in [0.2, 0.25) is 5.91 Å². The monoisotopic (exact) mass is 506 g/mol. The predicted octanol–water partition coefficient (Wildman–Crippen LogP) is 4.92. The number of carbonyl (C=O) groups excluding carboxylic acids is 2. The Bertz CT molecular complexity index is 1300. The summed E-state index contributed by atoms with van der Waals surface area (Å²) in [5.74, 6) is -1.18. The van der Waals surface area contributed by atoms with Gasteiger partial charge in [-0.15, -0.1) is 0 Å². The number of ether oxygens (including phenoxy) is 1.